The highest BCUT2D eigenvalue weighted by atomic mass is 16.6. The van der Waals surface area contributed by atoms with Crippen LogP contribution in [0.1, 0.15) is 53.4 Å². The van der Waals surface area contributed by atoms with E-state index >= 15 is 0 Å². The molecule has 2 atom stereocenters. The van der Waals surface area contributed by atoms with Crippen molar-refractivity contribution in [1.29, 1.82) is 0 Å². The third-order valence-electron chi connectivity index (χ3n) is 5.14. The van der Waals surface area contributed by atoms with E-state index in [0.717, 1.165) is 13.0 Å². The number of nitrogens with one attached hydrogen (secondary N) is 1. The Bertz CT molecular complexity index is 335. The highest BCUT2D eigenvalue weighted by Crippen LogP contribution is 2.51. The molecular weight excluding hydrogens is 226 g/mol. The maximum Gasteiger partial charge on any atom is 0.145 e. The van der Waals surface area contributed by atoms with E-state index in [4.69, 9.17) is 9.47 Å². The van der Waals surface area contributed by atoms with Crippen molar-refractivity contribution in [2.45, 2.75) is 70.7 Å². The van der Waals surface area contributed by atoms with Crippen LogP contribution in [-0.4, -0.2) is 30.6 Å². The fraction of sp³-hybridized carbons (Fsp3) is 1.00. The quantitative estimate of drug-likeness (QED) is 0.779. The van der Waals surface area contributed by atoms with E-state index in [1.54, 1.807) is 0 Å². The standard InChI is InChI=1S/C15H27NO2/c1-11(2)12-14(6-5-7-14)9-18-15(16-12)8-13(3,4)17-10-15/h11-12,16H,5-10H2,1-4H3. The molecule has 0 radical (unpaired) electrons. The molecule has 2 heterocycles. The fourth-order valence-corrected chi connectivity index (χ4v) is 4.10. The van der Waals surface area contributed by atoms with Crippen molar-refractivity contribution in [3.05, 3.63) is 0 Å². The Hall–Kier alpha value is -0.120. The summed E-state index contributed by atoms with van der Waals surface area (Å²) in [6.07, 6.45) is 4.97. The first-order valence-corrected chi connectivity index (χ1v) is 7.42. The summed E-state index contributed by atoms with van der Waals surface area (Å²) in [5.74, 6) is 0.662. The van der Waals surface area contributed by atoms with Gasteiger partial charge >= 0.3 is 0 Å². The highest BCUT2D eigenvalue weighted by molar-refractivity contribution is 5.07. The Morgan fingerprint density at radius 1 is 1.11 bits per heavy atom. The zero-order chi connectivity index (χ0) is 13.0. The summed E-state index contributed by atoms with van der Waals surface area (Å²) in [6.45, 7) is 10.6. The molecule has 1 saturated carbocycles. The van der Waals surface area contributed by atoms with Gasteiger partial charge in [-0.05, 0) is 32.6 Å². The molecule has 104 valence electrons. The Kier molecular flexibility index (Phi) is 2.82. The van der Waals surface area contributed by atoms with Gasteiger partial charge in [0.15, 0.2) is 0 Å². The minimum absolute atomic E-state index is 0.0569. The van der Waals surface area contributed by atoms with Gasteiger partial charge in [-0.15, -0.1) is 0 Å². The molecule has 0 bridgehead atoms. The highest BCUT2D eigenvalue weighted by Gasteiger charge is 2.56. The maximum atomic E-state index is 6.26. The number of hydrogen-bond donors (Lipinski definition) is 1. The largest absolute Gasteiger partial charge is 0.371 e. The first-order chi connectivity index (χ1) is 8.37. The van der Waals surface area contributed by atoms with Crippen molar-refractivity contribution in [3.63, 3.8) is 0 Å². The smallest absolute Gasteiger partial charge is 0.145 e. The third-order valence-corrected chi connectivity index (χ3v) is 5.14. The summed E-state index contributed by atoms with van der Waals surface area (Å²) < 4.78 is 12.2. The molecule has 1 aliphatic carbocycles. The zero-order valence-corrected chi connectivity index (χ0v) is 12.2. The summed E-state index contributed by atoms with van der Waals surface area (Å²) in [7, 11) is 0. The topological polar surface area (TPSA) is 30.5 Å². The molecule has 0 aromatic carbocycles. The minimum atomic E-state index is -0.223. The molecule has 0 aromatic rings. The second-order valence-corrected chi connectivity index (χ2v) is 7.59. The molecule has 3 heteroatoms. The predicted molar refractivity (Wildman–Crippen MR) is 71.4 cm³/mol. The second-order valence-electron chi connectivity index (χ2n) is 7.59. The van der Waals surface area contributed by atoms with Crippen LogP contribution in [0.2, 0.25) is 0 Å². The summed E-state index contributed by atoms with van der Waals surface area (Å²) in [4.78, 5) is 0. The van der Waals surface area contributed by atoms with E-state index < -0.39 is 0 Å². The third kappa shape index (κ3) is 1.91. The van der Waals surface area contributed by atoms with Gasteiger partial charge in [0, 0.05) is 17.9 Å². The normalized spacial score (nSPS) is 41.5. The van der Waals surface area contributed by atoms with Crippen LogP contribution >= 0.6 is 0 Å². The van der Waals surface area contributed by atoms with Gasteiger partial charge in [0.05, 0.1) is 18.8 Å². The molecule has 3 rings (SSSR count). The molecule has 2 aliphatic heterocycles. The van der Waals surface area contributed by atoms with Crippen molar-refractivity contribution in [3.8, 4) is 0 Å². The molecule has 1 N–H and O–H groups in total. The Morgan fingerprint density at radius 2 is 1.83 bits per heavy atom. The van der Waals surface area contributed by atoms with Crippen LogP contribution in [0.5, 0.6) is 0 Å². The molecular formula is C15H27NO2. The molecule has 0 amide bonds. The SMILES string of the molecule is CC(C)C1NC2(COC(C)(C)C2)OCC12CCC2. The molecule has 3 nitrogen and oxygen atoms in total. The van der Waals surface area contributed by atoms with Crippen LogP contribution in [0.3, 0.4) is 0 Å². The Balaban J connectivity index is 1.78. The van der Waals surface area contributed by atoms with Crippen LogP contribution in [0.4, 0.5) is 0 Å². The lowest BCUT2D eigenvalue weighted by molar-refractivity contribution is -0.194. The van der Waals surface area contributed by atoms with Gasteiger partial charge in [-0.25, -0.2) is 0 Å². The van der Waals surface area contributed by atoms with E-state index in [1.807, 2.05) is 0 Å². The minimum Gasteiger partial charge on any atom is -0.371 e. The average Bonchev–Trinajstić information content (AvgIpc) is 2.52. The van der Waals surface area contributed by atoms with Crippen molar-refractivity contribution in [2.75, 3.05) is 13.2 Å². The molecule has 3 fully saturated rings. The van der Waals surface area contributed by atoms with Gasteiger partial charge in [0.2, 0.25) is 0 Å². The van der Waals surface area contributed by atoms with E-state index in [1.165, 1.54) is 19.3 Å². The lowest BCUT2D eigenvalue weighted by Crippen LogP contribution is -2.68. The van der Waals surface area contributed by atoms with Crippen LogP contribution in [0, 0.1) is 11.3 Å². The van der Waals surface area contributed by atoms with Crippen LogP contribution in [0.25, 0.3) is 0 Å². The lowest BCUT2D eigenvalue weighted by atomic mass is 9.61. The molecule has 2 unspecified atom stereocenters. The molecule has 2 spiro atoms. The van der Waals surface area contributed by atoms with Gasteiger partial charge in [0.1, 0.15) is 5.72 Å². The van der Waals surface area contributed by atoms with E-state index in [9.17, 15) is 0 Å². The van der Waals surface area contributed by atoms with Gasteiger partial charge in [0.25, 0.3) is 0 Å². The number of hydrogen-bond acceptors (Lipinski definition) is 3. The molecule has 3 aliphatic rings. The molecule has 18 heavy (non-hydrogen) atoms. The fourth-order valence-electron chi connectivity index (χ4n) is 4.10. The zero-order valence-electron chi connectivity index (χ0n) is 12.2. The first kappa shape index (κ1) is 12.9. The summed E-state index contributed by atoms with van der Waals surface area (Å²) in [5.41, 5.74) is 0.129. The van der Waals surface area contributed by atoms with Crippen LogP contribution in [-0.2, 0) is 9.47 Å². The van der Waals surface area contributed by atoms with Gasteiger partial charge in [-0.3, -0.25) is 5.32 Å². The molecule has 2 saturated heterocycles. The van der Waals surface area contributed by atoms with E-state index in [2.05, 4.69) is 33.0 Å². The number of rotatable bonds is 1. The first-order valence-electron chi connectivity index (χ1n) is 7.42. The molecule has 0 aromatic heterocycles. The van der Waals surface area contributed by atoms with Gasteiger partial charge in [-0.1, -0.05) is 20.3 Å². The van der Waals surface area contributed by atoms with Crippen LogP contribution in [0.15, 0.2) is 0 Å². The summed E-state index contributed by atoms with van der Waals surface area (Å²) in [5, 5.41) is 3.83. The monoisotopic (exact) mass is 253 g/mol. The van der Waals surface area contributed by atoms with Crippen molar-refractivity contribution < 1.29 is 9.47 Å². The lowest BCUT2D eigenvalue weighted by Gasteiger charge is -2.57. The van der Waals surface area contributed by atoms with Crippen LogP contribution < -0.4 is 5.32 Å². The van der Waals surface area contributed by atoms with E-state index in [-0.39, 0.29) is 11.3 Å². The van der Waals surface area contributed by atoms with Crippen molar-refractivity contribution >= 4 is 0 Å². The van der Waals surface area contributed by atoms with Gasteiger partial charge in [-0.2, -0.15) is 0 Å². The second kappa shape index (κ2) is 3.94. The maximum absolute atomic E-state index is 6.26. The Morgan fingerprint density at radius 3 is 2.28 bits per heavy atom. The summed E-state index contributed by atoms with van der Waals surface area (Å²) >= 11 is 0. The summed E-state index contributed by atoms with van der Waals surface area (Å²) in [6, 6.07) is 0.581. The van der Waals surface area contributed by atoms with E-state index in [0.29, 0.717) is 24.0 Å². The number of ether oxygens (including phenoxy) is 2. The Labute approximate surface area is 111 Å². The average molecular weight is 253 g/mol. The van der Waals surface area contributed by atoms with Crippen molar-refractivity contribution in [1.82, 2.24) is 5.32 Å². The van der Waals surface area contributed by atoms with Crippen molar-refractivity contribution in [2.24, 2.45) is 11.3 Å². The predicted octanol–water partition coefficient (Wildman–Crippen LogP) is 2.70. The van der Waals surface area contributed by atoms with Gasteiger partial charge < -0.3 is 9.47 Å².